The van der Waals surface area contributed by atoms with Gasteiger partial charge in [0.15, 0.2) is 0 Å². The Morgan fingerprint density at radius 3 is 2.39 bits per heavy atom. The fraction of sp³-hybridized carbons (Fsp3) is 0.133. The SMILES string of the molecule is COc1cc(NS(=O)(=O)c2ccccc2OC)c(C#N)cc1Br. The number of para-hydroxylation sites is 1. The van der Waals surface area contributed by atoms with Crippen molar-refractivity contribution in [2.24, 2.45) is 0 Å². The first-order valence-corrected chi connectivity index (χ1v) is 8.64. The van der Waals surface area contributed by atoms with Gasteiger partial charge in [-0.05, 0) is 34.1 Å². The molecule has 0 spiro atoms. The van der Waals surface area contributed by atoms with E-state index in [1.165, 1.54) is 32.4 Å². The number of hydrogen-bond donors (Lipinski definition) is 1. The first-order valence-electron chi connectivity index (χ1n) is 6.36. The van der Waals surface area contributed by atoms with Crippen LogP contribution in [0, 0.1) is 11.3 Å². The Balaban J connectivity index is 2.51. The van der Waals surface area contributed by atoms with Gasteiger partial charge in [-0.3, -0.25) is 4.72 Å². The molecule has 0 heterocycles. The Morgan fingerprint density at radius 1 is 1.13 bits per heavy atom. The van der Waals surface area contributed by atoms with Crippen LogP contribution in [0.5, 0.6) is 11.5 Å². The maximum atomic E-state index is 12.6. The minimum atomic E-state index is -3.92. The highest BCUT2D eigenvalue weighted by atomic mass is 79.9. The molecule has 0 bridgehead atoms. The predicted octanol–water partition coefficient (Wildman–Crippen LogP) is 3.14. The number of anilines is 1. The minimum absolute atomic E-state index is 0.0201. The molecule has 2 aromatic rings. The van der Waals surface area contributed by atoms with Crippen LogP contribution in [0.25, 0.3) is 0 Å². The molecule has 2 rings (SSSR count). The Bertz CT molecular complexity index is 876. The molecule has 1 N–H and O–H groups in total. The number of nitrogens with zero attached hydrogens (tertiary/aromatic N) is 1. The lowest BCUT2D eigenvalue weighted by molar-refractivity contribution is 0.403. The minimum Gasteiger partial charge on any atom is -0.495 e. The molecule has 0 radical (unpaired) electrons. The highest BCUT2D eigenvalue weighted by molar-refractivity contribution is 9.10. The van der Waals surface area contributed by atoms with Gasteiger partial charge in [-0.2, -0.15) is 5.26 Å². The van der Waals surface area contributed by atoms with Crippen molar-refractivity contribution in [3.8, 4) is 17.6 Å². The van der Waals surface area contributed by atoms with E-state index in [9.17, 15) is 13.7 Å². The maximum Gasteiger partial charge on any atom is 0.265 e. The molecule has 0 saturated carbocycles. The van der Waals surface area contributed by atoms with Crippen LogP contribution >= 0.6 is 15.9 Å². The standard InChI is InChI=1S/C15H13BrN2O4S/c1-21-13-5-3-4-6-15(13)23(19,20)18-12-8-14(22-2)11(16)7-10(12)9-17/h3-8,18H,1-2H3. The van der Waals surface area contributed by atoms with E-state index in [1.807, 2.05) is 6.07 Å². The molecule has 0 aliphatic rings. The topological polar surface area (TPSA) is 88.4 Å². The fourth-order valence-electron chi connectivity index (χ4n) is 1.93. The molecule has 0 atom stereocenters. The monoisotopic (exact) mass is 396 g/mol. The van der Waals surface area contributed by atoms with Crippen molar-refractivity contribution >= 4 is 31.6 Å². The number of hydrogen-bond acceptors (Lipinski definition) is 5. The van der Waals surface area contributed by atoms with Gasteiger partial charge in [0.1, 0.15) is 22.5 Å². The van der Waals surface area contributed by atoms with E-state index in [0.717, 1.165) is 0 Å². The predicted molar refractivity (Wildman–Crippen MR) is 89.2 cm³/mol. The fourth-order valence-corrected chi connectivity index (χ4v) is 3.67. The normalized spacial score (nSPS) is 10.7. The first kappa shape index (κ1) is 17.1. The van der Waals surface area contributed by atoms with Crippen LogP contribution in [0.2, 0.25) is 0 Å². The smallest absolute Gasteiger partial charge is 0.265 e. The molecule has 0 saturated heterocycles. The third kappa shape index (κ3) is 3.57. The second-order valence-electron chi connectivity index (χ2n) is 4.40. The summed E-state index contributed by atoms with van der Waals surface area (Å²) in [5.74, 6) is 0.615. The third-order valence-electron chi connectivity index (χ3n) is 3.02. The lowest BCUT2D eigenvalue weighted by Gasteiger charge is -2.14. The summed E-state index contributed by atoms with van der Waals surface area (Å²) in [7, 11) is -1.09. The second-order valence-corrected chi connectivity index (χ2v) is 6.91. The number of rotatable bonds is 5. The Labute approximate surface area is 142 Å². The van der Waals surface area contributed by atoms with Crippen LogP contribution in [0.15, 0.2) is 45.8 Å². The Hall–Kier alpha value is -2.24. The number of nitrogens with one attached hydrogen (secondary N) is 1. The molecule has 8 heteroatoms. The van der Waals surface area contributed by atoms with Gasteiger partial charge in [-0.1, -0.05) is 12.1 Å². The summed E-state index contributed by atoms with van der Waals surface area (Å²) in [4.78, 5) is -0.0201. The van der Waals surface area contributed by atoms with Crippen molar-refractivity contribution < 1.29 is 17.9 Å². The van der Waals surface area contributed by atoms with Crippen LogP contribution in [0.1, 0.15) is 5.56 Å². The van der Waals surface area contributed by atoms with Gasteiger partial charge in [0, 0.05) is 6.07 Å². The molecule has 0 amide bonds. The van der Waals surface area contributed by atoms with Crippen molar-refractivity contribution in [3.05, 3.63) is 46.4 Å². The summed E-state index contributed by atoms with van der Waals surface area (Å²) in [5.41, 5.74) is 0.287. The van der Waals surface area contributed by atoms with Crippen molar-refractivity contribution in [1.82, 2.24) is 0 Å². The zero-order chi connectivity index (χ0) is 17.0. The third-order valence-corrected chi connectivity index (χ3v) is 5.04. The molecule has 0 aliphatic heterocycles. The lowest BCUT2D eigenvalue weighted by atomic mass is 10.2. The number of ether oxygens (including phenoxy) is 2. The van der Waals surface area contributed by atoms with E-state index in [4.69, 9.17) is 9.47 Å². The zero-order valence-electron chi connectivity index (χ0n) is 12.3. The van der Waals surface area contributed by atoms with Crippen molar-refractivity contribution in [2.45, 2.75) is 4.90 Å². The summed E-state index contributed by atoms with van der Waals surface area (Å²) in [6.07, 6.45) is 0. The average molecular weight is 397 g/mol. The van der Waals surface area contributed by atoms with Gasteiger partial charge < -0.3 is 9.47 Å². The largest absolute Gasteiger partial charge is 0.495 e. The molecule has 6 nitrogen and oxygen atoms in total. The first-order chi connectivity index (χ1) is 10.9. The van der Waals surface area contributed by atoms with E-state index < -0.39 is 10.0 Å². The molecule has 2 aromatic carbocycles. The zero-order valence-corrected chi connectivity index (χ0v) is 14.7. The van der Waals surface area contributed by atoms with Crippen LogP contribution < -0.4 is 14.2 Å². The molecule has 0 unspecified atom stereocenters. The molecular weight excluding hydrogens is 384 g/mol. The summed E-state index contributed by atoms with van der Waals surface area (Å²) < 4.78 is 38.3. The molecule has 23 heavy (non-hydrogen) atoms. The van der Waals surface area contributed by atoms with E-state index in [-0.39, 0.29) is 21.9 Å². The Morgan fingerprint density at radius 2 is 1.78 bits per heavy atom. The summed E-state index contributed by atoms with van der Waals surface area (Å²) in [5, 5.41) is 9.20. The summed E-state index contributed by atoms with van der Waals surface area (Å²) in [6, 6.07) is 11.1. The van der Waals surface area contributed by atoms with Crippen LogP contribution in [0.4, 0.5) is 5.69 Å². The van der Waals surface area contributed by atoms with E-state index >= 15 is 0 Å². The second kappa shape index (κ2) is 6.89. The molecular formula is C15H13BrN2O4S. The molecule has 120 valence electrons. The quantitative estimate of drug-likeness (QED) is 0.838. The molecule has 0 fully saturated rings. The molecule has 0 aliphatic carbocycles. The maximum absolute atomic E-state index is 12.6. The van der Waals surface area contributed by atoms with Gasteiger partial charge >= 0.3 is 0 Å². The van der Waals surface area contributed by atoms with Gasteiger partial charge in [0.05, 0.1) is 29.9 Å². The number of sulfonamides is 1. The number of nitriles is 1. The van der Waals surface area contributed by atoms with Gasteiger partial charge in [-0.15, -0.1) is 0 Å². The number of methoxy groups -OCH3 is 2. The summed E-state index contributed by atoms with van der Waals surface area (Å²) in [6.45, 7) is 0. The van der Waals surface area contributed by atoms with Gasteiger partial charge in [-0.25, -0.2) is 8.42 Å². The molecule has 0 aromatic heterocycles. The lowest BCUT2D eigenvalue weighted by Crippen LogP contribution is -2.15. The van der Waals surface area contributed by atoms with Crippen LogP contribution in [0.3, 0.4) is 0 Å². The highest BCUT2D eigenvalue weighted by Crippen LogP contribution is 2.33. The Kier molecular flexibility index (Phi) is 5.13. The summed E-state index contributed by atoms with van der Waals surface area (Å²) >= 11 is 3.26. The number of benzene rings is 2. The van der Waals surface area contributed by atoms with E-state index in [1.54, 1.807) is 18.2 Å². The van der Waals surface area contributed by atoms with Gasteiger partial charge in [0.2, 0.25) is 0 Å². The number of halogens is 1. The average Bonchev–Trinajstić information content (AvgIpc) is 2.55. The van der Waals surface area contributed by atoms with Crippen LogP contribution in [-0.2, 0) is 10.0 Å². The van der Waals surface area contributed by atoms with E-state index in [2.05, 4.69) is 20.7 Å². The van der Waals surface area contributed by atoms with Crippen LogP contribution in [-0.4, -0.2) is 22.6 Å². The van der Waals surface area contributed by atoms with Gasteiger partial charge in [0.25, 0.3) is 10.0 Å². The highest BCUT2D eigenvalue weighted by Gasteiger charge is 2.21. The van der Waals surface area contributed by atoms with Crippen molar-refractivity contribution in [2.75, 3.05) is 18.9 Å². The van der Waals surface area contributed by atoms with Crippen molar-refractivity contribution in [1.29, 1.82) is 5.26 Å². The van der Waals surface area contributed by atoms with Crippen molar-refractivity contribution in [3.63, 3.8) is 0 Å². The van der Waals surface area contributed by atoms with E-state index in [0.29, 0.717) is 10.2 Å².